The first-order chi connectivity index (χ1) is 4.34. The van der Waals surface area contributed by atoms with Gasteiger partial charge in [0.05, 0.1) is 12.9 Å². The Morgan fingerprint density at radius 1 is 1.30 bits per heavy atom. The SMILES string of the molecule is COc1ccccc1[S-].[K+]. The molecular formula is C7H7KOS. The smallest absolute Gasteiger partial charge is 0.776 e. The third kappa shape index (κ3) is 2.86. The molecule has 0 aromatic heterocycles. The van der Waals surface area contributed by atoms with Crippen molar-refractivity contribution in [1.82, 2.24) is 0 Å². The van der Waals surface area contributed by atoms with E-state index in [0.717, 1.165) is 10.6 Å². The minimum atomic E-state index is 0. The average molecular weight is 178 g/mol. The summed E-state index contributed by atoms with van der Waals surface area (Å²) in [6.07, 6.45) is 0. The molecule has 0 spiro atoms. The number of ether oxygens (including phenoxy) is 1. The maximum absolute atomic E-state index is 4.94. The van der Waals surface area contributed by atoms with E-state index in [2.05, 4.69) is 0 Å². The van der Waals surface area contributed by atoms with Crippen molar-refractivity contribution < 1.29 is 56.1 Å². The van der Waals surface area contributed by atoms with Gasteiger partial charge in [-0.3, -0.25) is 0 Å². The van der Waals surface area contributed by atoms with Crippen LogP contribution in [0.2, 0.25) is 0 Å². The predicted octanol–water partition coefficient (Wildman–Crippen LogP) is -1.39. The molecule has 0 bridgehead atoms. The van der Waals surface area contributed by atoms with E-state index in [1.165, 1.54) is 0 Å². The van der Waals surface area contributed by atoms with Crippen LogP contribution in [0.4, 0.5) is 0 Å². The Kier molecular flexibility index (Phi) is 6.00. The molecule has 0 aliphatic carbocycles. The molecule has 0 unspecified atom stereocenters. The standard InChI is InChI=1S/C7H8OS.K/c1-8-6-4-2-3-5-7(6)9;/h2-5,9H,1H3;/q;+1/p-1. The molecule has 0 saturated carbocycles. The summed E-state index contributed by atoms with van der Waals surface area (Å²) < 4.78 is 4.94. The van der Waals surface area contributed by atoms with E-state index in [4.69, 9.17) is 17.4 Å². The van der Waals surface area contributed by atoms with Crippen molar-refractivity contribution in [3.8, 4) is 5.75 Å². The Labute approximate surface area is 109 Å². The summed E-state index contributed by atoms with van der Waals surface area (Å²) in [5.41, 5.74) is 0. The van der Waals surface area contributed by atoms with Gasteiger partial charge in [-0.15, -0.1) is 4.90 Å². The predicted molar refractivity (Wildman–Crippen MR) is 38.6 cm³/mol. The molecule has 1 aromatic rings. The molecule has 0 amide bonds. The second-order valence-electron chi connectivity index (χ2n) is 1.65. The first-order valence-corrected chi connectivity index (χ1v) is 3.05. The first-order valence-electron chi connectivity index (χ1n) is 2.64. The topological polar surface area (TPSA) is 9.23 Å². The van der Waals surface area contributed by atoms with Gasteiger partial charge in [-0.1, -0.05) is 18.2 Å². The van der Waals surface area contributed by atoms with Gasteiger partial charge in [-0.25, -0.2) is 0 Å². The molecule has 0 atom stereocenters. The summed E-state index contributed by atoms with van der Waals surface area (Å²) >= 11 is 4.93. The molecular weight excluding hydrogens is 171 g/mol. The van der Waals surface area contributed by atoms with Crippen LogP contribution >= 0.6 is 0 Å². The summed E-state index contributed by atoms with van der Waals surface area (Å²) in [6, 6.07) is 7.48. The quantitative estimate of drug-likeness (QED) is 0.387. The van der Waals surface area contributed by atoms with Crippen LogP contribution in [0.15, 0.2) is 29.2 Å². The van der Waals surface area contributed by atoms with Crippen molar-refractivity contribution in [2.45, 2.75) is 4.90 Å². The van der Waals surface area contributed by atoms with E-state index in [1.54, 1.807) is 7.11 Å². The molecule has 1 rings (SSSR count). The van der Waals surface area contributed by atoms with Crippen molar-refractivity contribution in [1.29, 1.82) is 0 Å². The molecule has 1 nitrogen and oxygen atoms in total. The van der Waals surface area contributed by atoms with E-state index in [1.807, 2.05) is 24.3 Å². The van der Waals surface area contributed by atoms with E-state index in [-0.39, 0.29) is 51.4 Å². The van der Waals surface area contributed by atoms with E-state index in [9.17, 15) is 0 Å². The molecule has 1 aromatic carbocycles. The van der Waals surface area contributed by atoms with Crippen LogP contribution in [0.25, 0.3) is 0 Å². The van der Waals surface area contributed by atoms with Gasteiger partial charge in [0.1, 0.15) is 0 Å². The maximum atomic E-state index is 4.94. The van der Waals surface area contributed by atoms with Crippen molar-refractivity contribution in [3.63, 3.8) is 0 Å². The molecule has 0 heterocycles. The summed E-state index contributed by atoms with van der Waals surface area (Å²) in [5.74, 6) is 0.771. The van der Waals surface area contributed by atoms with Crippen molar-refractivity contribution in [3.05, 3.63) is 24.3 Å². The molecule has 0 fully saturated rings. The van der Waals surface area contributed by atoms with Gasteiger partial charge in [0, 0.05) is 0 Å². The number of benzene rings is 1. The summed E-state index contributed by atoms with van der Waals surface area (Å²) in [7, 11) is 1.62. The summed E-state index contributed by atoms with van der Waals surface area (Å²) in [4.78, 5) is 0.764. The van der Waals surface area contributed by atoms with Gasteiger partial charge in [0.2, 0.25) is 0 Å². The third-order valence-electron chi connectivity index (χ3n) is 1.07. The zero-order valence-electron chi connectivity index (χ0n) is 6.13. The Morgan fingerprint density at radius 2 is 1.90 bits per heavy atom. The monoisotopic (exact) mass is 178 g/mol. The zero-order valence-corrected chi connectivity index (χ0v) is 10.1. The Morgan fingerprint density at radius 3 is 2.30 bits per heavy atom. The largest absolute Gasteiger partial charge is 1.00 e. The summed E-state index contributed by atoms with van der Waals surface area (Å²) in [6.45, 7) is 0. The first kappa shape index (κ1) is 10.9. The summed E-state index contributed by atoms with van der Waals surface area (Å²) in [5, 5.41) is 0. The van der Waals surface area contributed by atoms with Crippen LogP contribution in [0.1, 0.15) is 0 Å². The molecule has 0 N–H and O–H groups in total. The second kappa shape index (κ2) is 5.52. The van der Waals surface area contributed by atoms with Gasteiger partial charge < -0.3 is 17.4 Å². The van der Waals surface area contributed by atoms with Gasteiger partial charge in [-0.2, -0.15) is 0 Å². The average Bonchev–Trinajstić information content (AvgIpc) is 1.89. The van der Waals surface area contributed by atoms with Crippen LogP contribution in [-0.4, -0.2) is 7.11 Å². The normalized spacial score (nSPS) is 8.10. The van der Waals surface area contributed by atoms with Crippen LogP contribution in [-0.2, 0) is 12.6 Å². The van der Waals surface area contributed by atoms with Gasteiger partial charge in [0.15, 0.2) is 0 Å². The van der Waals surface area contributed by atoms with E-state index < -0.39 is 0 Å². The van der Waals surface area contributed by atoms with E-state index >= 15 is 0 Å². The Hall–Kier alpha value is 0.876. The van der Waals surface area contributed by atoms with Crippen LogP contribution in [0, 0.1) is 0 Å². The van der Waals surface area contributed by atoms with Crippen LogP contribution < -0.4 is 56.1 Å². The molecule has 48 valence electrons. The maximum Gasteiger partial charge on any atom is 1.00 e. The molecule has 3 heteroatoms. The minimum absolute atomic E-state index is 0. The van der Waals surface area contributed by atoms with Gasteiger partial charge >= 0.3 is 51.4 Å². The van der Waals surface area contributed by atoms with Gasteiger partial charge in [0.25, 0.3) is 0 Å². The number of hydrogen-bond donors (Lipinski definition) is 0. The fourth-order valence-electron chi connectivity index (χ4n) is 0.619. The van der Waals surface area contributed by atoms with Crippen LogP contribution in [0.5, 0.6) is 5.75 Å². The second-order valence-corrected chi connectivity index (χ2v) is 2.09. The fraction of sp³-hybridized carbons (Fsp3) is 0.143. The number of methoxy groups -OCH3 is 1. The fourth-order valence-corrected chi connectivity index (χ4v) is 0.849. The number of para-hydroxylation sites is 1. The van der Waals surface area contributed by atoms with E-state index in [0.29, 0.717) is 0 Å². The van der Waals surface area contributed by atoms with Crippen molar-refractivity contribution in [2.24, 2.45) is 0 Å². The number of hydrogen-bond acceptors (Lipinski definition) is 2. The van der Waals surface area contributed by atoms with Crippen molar-refractivity contribution in [2.75, 3.05) is 7.11 Å². The van der Waals surface area contributed by atoms with Crippen LogP contribution in [0.3, 0.4) is 0 Å². The minimum Gasteiger partial charge on any atom is -0.776 e. The molecule has 10 heavy (non-hydrogen) atoms. The molecule has 0 saturated heterocycles. The third-order valence-corrected chi connectivity index (χ3v) is 1.41. The number of rotatable bonds is 1. The van der Waals surface area contributed by atoms with Crippen molar-refractivity contribution >= 4 is 12.6 Å². The molecule has 0 radical (unpaired) electrons. The Balaban J connectivity index is 0.000000810. The molecule has 0 aliphatic rings. The zero-order chi connectivity index (χ0) is 6.69. The molecule has 0 aliphatic heterocycles. The Bertz CT molecular complexity index is 203. The van der Waals surface area contributed by atoms with Gasteiger partial charge in [-0.05, 0) is 6.07 Å².